The van der Waals surface area contributed by atoms with Crippen LogP contribution >= 0.6 is 25.3 Å². The maximum Gasteiger partial charge on any atom is 0.329 e. The first-order chi connectivity index (χ1) is 16.9. The molecular weight excluding hydrogens is 504 g/mol. The van der Waals surface area contributed by atoms with Crippen LogP contribution < -0.4 is 21.3 Å². The normalized spacial score (nSPS) is 26.6. The van der Waals surface area contributed by atoms with Crippen LogP contribution in [0.1, 0.15) is 47.5 Å². The van der Waals surface area contributed by atoms with Gasteiger partial charge in [-0.05, 0) is 37.0 Å². The molecule has 10 nitrogen and oxygen atoms in total. The molecule has 0 bridgehead atoms. The number of rotatable bonds is 6. The van der Waals surface area contributed by atoms with Gasteiger partial charge >= 0.3 is 5.97 Å². The first-order valence-electron chi connectivity index (χ1n) is 11.9. The molecule has 0 radical (unpaired) electrons. The quantitative estimate of drug-likeness (QED) is 0.127. The van der Waals surface area contributed by atoms with Crippen LogP contribution in [0.4, 0.5) is 0 Å². The predicted molar refractivity (Wildman–Crippen MR) is 143 cm³/mol. The van der Waals surface area contributed by atoms with E-state index in [0.29, 0.717) is 12.2 Å². The van der Waals surface area contributed by atoms with E-state index in [1.807, 2.05) is 0 Å². The second-order valence-electron chi connectivity index (χ2n) is 9.04. The van der Waals surface area contributed by atoms with Crippen LogP contribution in [0.25, 0.3) is 0 Å². The zero-order valence-electron chi connectivity index (χ0n) is 21.4. The summed E-state index contributed by atoms with van der Waals surface area (Å²) in [5.74, 6) is -3.32. The Kier molecular flexibility index (Phi) is 13.7. The molecule has 1 aliphatic rings. The van der Waals surface area contributed by atoms with E-state index in [2.05, 4.69) is 46.5 Å². The molecule has 4 N–H and O–H groups in total. The summed E-state index contributed by atoms with van der Waals surface area (Å²) in [6, 6.07) is -3.06. The molecule has 0 aromatic heterocycles. The van der Waals surface area contributed by atoms with E-state index in [4.69, 9.17) is 4.74 Å². The zero-order valence-corrected chi connectivity index (χ0v) is 23.2. The van der Waals surface area contributed by atoms with Crippen molar-refractivity contribution in [3.05, 3.63) is 23.9 Å². The van der Waals surface area contributed by atoms with Crippen molar-refractivity contribution < 1.29 is 28.7 Å². The molecular formula is C24H38N4O6S2. The van der Waals surface area contributed by atoms with Crippen molar-refractivity contribution in [1.82, 2.24) is 21.3 Å². The highest BCUT2D eigenvalue weighted by Crippen LogP contribution is 2.12. The Labute approximate surface area is 223 Å². The number of cyclic esters (lactones) is 1. The molecule has 4 amide bonds. The first kappa shape index (κ1) is 31.6. The average molecular weight is 543 g/mol. The second-order valence-corrected chi connectivity index (χ2v) is 9.85. The summed E-state index contributed by atoms with van der Waals surface area (Å²) in [6.07, 6.45) is 4.16. The molecule has 1 heterocycles. The van der Waals surface area contributed by atoms with Gasteiger partial charge in [-0.2, -0.15) is 25.3 Å². The molecule has 3 unspecified atom stereocenters. The fourth-order valence-corrected chi connectivity index (χ4v) is 3.70. The highest BCUT2D eigenvalue weighted by Gasteiger charge is 2.33. The summed E-state index contributed by atoms with van der Waals surface area (Å²) < 4.78 is 5.59. The fourth-order valence-electron chi connectivity index (χ4n) is 3.30. The molecule has 1 fully saturated rings. The summed E-state index contributed by atoms with van der Waals surface area (Å²) >= 11 is 8.31. The molecule has 0 aliphatic carbocycles. The predicted octanol–water partition coefficient (Wildman–Crippen LogP) is 0.894. The van der Waals surface area contributed by atoms with Gasteiger partial charge in [0.05, 0.1) is 6.42 Å². The summed E-state index contributed by atoms with van der Waals surface area (Å²) in [5, 5.41) is 10.3. The molecule has 202 valence electrons. The van der Waals surface area contributed by atoms with Gasteiger partial charge in [-0.1, -0.05) is 39.8 Å². The number of ether oxygens (including phenoxy) is 1. The Morgan fingerprint density at radius 3 is 2.11 bits per heavy atom. The summed E-state index contributed by atoms with van der Waals surface area (Å²) in [4.78, 5) is 64.5. The number of hydrogen-bond acceptors (Lipinski definition) is 8. The number of allylic oxidation sites excluding steroid dienone is 2. The highest BCUT2D eigenvalue weighted by molar-refractivity contribution is 7.80. The molecule has 0 aromatic rings. The van der Waals surface area contributed by atoms with Gasteiger partial charge in [-0.15, -0.1) is 0 Å². The lowest BCUT2D eigenvalue weighted by Gasteiger charge is -2.27. The average Bonchev–Trinajstić information content (AvgIpc) is 2.81. The minimum absolute atomic E-state index is 0.0477. The molecule has 0 saturated carbocycles. The molecule has 12 heteroatoms. The molecule has 0 spiro atoms. The highest BCUT2D eigenvalue weighted by atomic mass is 32.1. The number of carbonyl (C=O) groups excluding carboxylic acids is 5. The summed E-state index contributed by atoms with van der Waals surface area (Å²) in [5.41, 5.74) is -0.0921. The monoisotopic (exact) mass is 542 g/mol. The Morgan fingerprint density at radius 1 is 0.944 bits per heavy atom. The Hall–Kier alpha value is -2.47. The van der Waals surface area contributed by atoms with Crippen molar-refractivity contribution in [2.45, 2.75) is 71.7 Å². The maximum absolute atomic E-state index is 13.0. The van der Waals surface area contributed by atoms with Crippen LogP contribution in [0, 0.1) is 11.8 Å². The smallest absolute Gasteiger partial charge is 0.329 e. The van der Waals surface area contributed by atoms with Crippen LogP contribution in [-0.2, 0) is 28.7 Å². The topological polar surface area (TPSA) is 143 Å². The second kappa shape index (κ2) is 15.6. The Balaban J connectivity index is 3.43. The summed E-state index contributed by atoms with van der Waals surface area (Å²) in [6.45, 7) is 8.51. The van der Waals surface area contributed by atoms with Crippen molar-refractivity contribution in [2.75, 3.05) is 11.5 Å². The Morgan fingerprint density at radius 2 is 1.58 bits per heavy atom. The molecule has 1 rings (SSSR count). The molecule has 0 aromatic carbocycles. The summed E-state index contributed by atoms with van der Waals surface area (Å²) in [7, 11) is 0. The number of hydrogen-bond donors (Lipinski definition) is 6. The standard InChI is InChI=1S/C24H38N4O6S2/c1-6-16-21(30)28-20(14(4)5)24(33)34-15(9-7-8-10-35)11-18(29)27-19(13(2)3)23(32)26-17(12-36)22(31)25-16/h6-7,9,13-15,17,19-20,35-36H,8,10-12H2,1-5H3,(H,25,31)(H,26,32)(H,27,29)(H,28,30)/b9-7+,16-6-/t15?,17-,19?,20?/m1/s1. The third kappa shape index (κ3) is 9.88. The first-order valence-corrected chi connectivity index (χ1v) is 13.2. The lowest BCUT2D eigenvalue weighted by molar-refractivity contribution is -0.153. The third-order valence-electron chi connectivity index (χ3n) is 5.38. The Bertz CT molecular complexity index is 875. The maximum atomic E-state index is 13.0. The van der Waals surface area contributed by atoms with E-state index in [9.17, 15) is 24.0 Å². The number of esters is 1. The lowest BCUT2D eigenvalue weighted by atomic mass is 10.0. The van der Waals surface area contributed by atoms with Gasteiger partial charge in [0.15, 0.2) is 0 Å². The van der Waals surface area contributed by atoms with Gasteiger partial charge in [0.25, 0.3) is 5.91 Å². The largest absolute Gasteiger partial charge is 0.456 e. The molecule has 36 heavy (non-hydrogen) atoms. The molecule has 1 saturated heterocycles. The molecule has 4 atom stereocenters. The lowest BCUT2D eigenvalue weighted by Crippen LogP contribution is -2.57. The third-order valence-corrected chi connectivity index (χ3v) is 6.00. The fraction of sp³-hybridized carbons (Fsp3) is 0.625. The van der Waals surface area contributed by atoms with E-state index in [0.717, 1.165) is 0 Å². The minimum atomic E-state index is -1.07. The van der Waals surface area contributed by atoms with Crippen LogP contribution in [0.15, 0.2) is 23.9 Å². The zero-order chi connectivity index (χ0) is 27.4. The van der Waals surface area contributed by atoms with E-state index >= 15 is 0 Å². The number of carbonyl (C=O) groups is 5. The van der Waals surface area contributed by atoms with E-state index in [1.54, 1.807) is 46.8 Å². The van der Waals surface area contributed by atoms with E-state index < -0.39 is 53.8 Å². The van der Waals surface area contributed by atoms with Crippen LogP contribution in [0.3, 0.4) is 0 Å². The van der Waals surface area contributed by atoms with Crippen molar-refractivity contribution in [3.63, 3.8) is 0 Å². The number of nitrogens with one attached hydrogen (secondary N) is 4. The van der Waals surface area contributed by atoms with Gasteiger partial charge in [-0.25, -0.2) is 4.79 Å². The number of amides is 4. The van der Waals surface area contributed by atoms with Crippen molar-refractivity contribution in [3.8, 4) is 0 Å². The van der Waals surface area contributed by atoms with Crippen molar-refractivity contribution >= 4 is 54.9 Å². The van der Waals surface area contributed by atoms with Crippen LogP contribution in [0.5, 0.6) is 0 Å². The van der Waals surface area contributed by atoms with E-state index in [1.165, 1.54) is 6.08 Å². The van der Waals surface area contributed by atoms with Gasteiger partial charge in [0, 0.05) is 5.75 Å². The van der Waals surface area contributed by atoms with Gasteiger partial charge in [0.1, 0.15) is 29.9 Å². The SMILES string of the molecule is C/C=C1\NC(=O)[C@@H](CS)NC(=O)C(C(C)C)NC(=O)CC(/C=C/CCS)OC(=O)C(C(C)C)NC1=O. The van der Waals surface area contributed by atoms with Gasteiger partial charge in [0.2, 0.25) is 17.7 Å². The van der Waals surface area contributed by atoms with Gasteiger partial charge < -0.3 is 26.0 Å². The van der Waals surface area contributed by atoms with Crippen LogP contribution in [0.2, 0.25) is 0 Å². The number of thiol groups is 2. The van der Waals surface area contributed by atoms with Gasteiger partial charge in [-0.3, -0.25) is 19.2 Å². The van der Waals surface area contributed by atoms with Crippen molar-refractivity contribution in [1.29, 1.82) is 0 Å². The molecule has 1 aliphatic heterocycles. The van der Waals surface area contributed by atoms with Crippen LogP contribution in [-0.4, -0.2) is 65.3 Å². The minimum Gasteiger partial charge on any atom is -0.456 e. The van der Waals surface area contributed by atoms with E-state index in [-0.39, 0.29) is 29.7 Å². The van der Waals surface area contributed by atoms with Crippen molar-refractivity contribution in [2.24, 2.45) is 11.8 Å².